The van der Waals surface area contributed by atoms with Crippen molar-refractivity contribution in [3.8, 4) is 0 Å². The van der Waals surface area contributed by atoms with Gasteiger partial charge in [0.2, 0.25) is 0 Å². The number of rotatable bonds is 6. The van der Waals surface area contributed by atoms with Crippen LogP contribution in [0.25, 0.3) is 0 Å². The second-order valence-electron chi connectivity index (χ2n) is 3.91. The van der Waals surface area contributed by atoms with Gasteiger partial charge in [0.15, 0.2) is 9.84 Å². The maximum Gasteiger partial charge on any atom is 0.269 e. The molecular formula is C11H14N2O6S. The van der Waals surface area contributed by atoms with E-state index in [4.69, 9.17) is 5.21 Å². The minimum Gasteiger partial charge on any atom is -0.411 e. The number of oxime groups is 1. The first-order chi connectivity index (χ1) is 9.37. The molecule has 0 fully saturated rings. The second kappa shape index (κ2) is 6.44. The molecule has 8 nitrogen and oxygen atoms in total. The maximum absolute atomic E-state index is 11.8. The minimum atomic E-state index is -3.67. The number of aliphatic hydroxyl groups excluding tert-OH is 1. The third-order valence-electron chi connectivity index (χ3n) is 2.79. The van der Waals surface area contributed by atoms with Crippen molar-refractivity contribution in [3.63, 3.8) is 0 Å². The lowest BCUT2D eigenvalue weighted by Crippen LogP contribution is -2.35. The van der Waals surface area contributed by atoms with Crippen LogP contribution in [0.2, 0.25) is 0 Å². The normalized spacial score (nSPS) is 14.0. The molecule has 9 heteroatoms. The molecule has 1 aromatic rings. The van der Waals surface area contributed by atoms with Crippen LogP contribution in [-0.2, 0) is 9.84 Å². The zero-order chi connectivity index (χ0) is 15.3. The minimum absolute atomic E-state index is 0.176. The fourth-order valence-corrected chi connectivity index (χ4v) is 2.79. The summed E-state index contributed by atoms with van der Waals surface area (Å²) < 4.78 is 23.6. The molecule has 20 heavy (non-hydrogen) atoms. The van der Waals surface area contributed by atoms with E-state index in [1.807, 2.05) is 0 Å². The van der Waals surface area contributed by atoms with Crippen LogP contribution in [-0.4, -0.2) is 47.0 Å². The molecule has 0 aromatic heterocycles. The Morgan fingerprint density at radius 2 is 1.95 bits per heavy atom. The van der Waals surface area contributed by atoms with Crippen molar-refractivity contribution in [2.75, 3.05) is 12.4 Å². The number of hydrogen-bond acceptors (Lipinski definition) is 7. The van der Waals surface area contributed by atoms with Gasteiger partial charge in [-0.05, 0) is 12.1 Å². The molecule has 0 aliphatic rings. The van der Waals surface area contributed by atoms with E-state index in [0.29, 0.717) is 0 Å². The highest BCUT2D eigenvalue weighted by atomic mass is 32.2. The summed E-state index contributed by atoms with van der Waals surface area (Å²) in [6.45, 7) is 0.662. The van der Waals surface area contributed by atoms with Gasteiger partial charge in [0.1, 0.15) is 11.0 Å². The Kier molecular flexibility index (Phi) is 5.17. The van der Waals surface area contributed by atoms with Gasteiger partial charge in [-0.3, -0.25) is 10.1 Å². The van der Waals surface area contributed by atoms with Gasteiger partial charge in [0.25, 0.3) is 5.69 Å². The SMILES string of the molecule is CCS(=O)(=O)[C@@H](CO)/C(=N\O)c1ccc([N+](=O)[O-])cc1. The predicted molar refractivity (Wildman–Crippen MR) is 71.8 cm³/mol. The summed E-state index contributed by atoms with van der Waals surface area (Å²) in [4.78, 5) is 9.93. The number of sulfone groups is 1. The van der Waals surface area contributed by atoms with Crippen LogP contribution in [0.5, 0.6) is 0 Å². The topological polar surface area (TPSA) is 130 Å². The summed E-state index contributed by atoms with van der Waals surface area (Å²) in [5, 5.41) is 30.3. The zero-order valence-electron chi connectivity index (χ0n) is 10.6. The molecular weight excluding hydrogens is 288 g/mol. The number of non-ortho nitro benzene ring substituents is 1. The molecule has 0 aliphatic heterocycles. The van der Waals surface area contributed by atoms with Gasteiger partial charge in [-0.2, -0.15) is 0 Å². The third kappa shape index (κ3) is 3.31. The average molecular weight is 302 g/mol. The van der Waals surface area contributed by atoms with Crippen LogP contribution < -0.4 is 0 Å². The Labute approximate surface area is 115 Å². The summed E-state index contributed by atoms with van der Waals surface area (Å²) in [5.41, 5.74) is -0.233. The van der Waals surface area contributed by atoms with Gasteiger partial charge in [-0.15, -0.1) is 0 Å². The van der Waals surface area contributed by atoms with E-state index >= 15 is 0 Å². The van der Waals surface area contributed by atoms with Gasteiger partial charge >= 0.3 is 0 Å². The first kappa shape index (κ1) is 16.1. The maximum atomic E-state index is 11.8. The van der Waals surface area contributed by atoms with Crippen LogP contribution in [0.4, 0.5) is 5.69 Å². The number of hydrogen-bond donors (Lipinski definition) is 2. The molecule has 0 amide bonds. The van der Waals surface area contributed by atoms with Crippen LogP contribution in [0, 0.1) is 10.1 Å². The van der Waals surface area contributed by atoms with E-state index in [9.17, 15) is 23.6 Å². The summed E-state index contributed by atoms with van der Waals surface area (Å²) in [6.07, 6.45) is 0. The van der Waals surface area contributed by atoms with Gasteiger partial charge in [0, 0.05) is 23.4 Å². The Hall–Kier alpha value is -2.00. The standard InChI is InChI=1S/C11H14N2O6S/c1-2-20(18,19)10(7-14)11(12-15)8-3-5-9(6-4-8)13(16)17/h3-6,10,14-15H,2,7H2,1H3/b12-11-/t10-/m0/s1. The van der Waals surface area contributed by atoms with Gasteiger partial charge in [-0.1, -0.05) is 12.1 Å². The monoisotopic (exact) mass is 302 g/mol. The lowest BCUT2D eigenvalue weighted by atomic mass is 10.1. The smallest absolute Gasteiger partial charge is 0.269 e. The first-order valence-electron chi connectivity index (χ1n) is 5.66. The van der Waals surface area contributed by atoms with Crippen molar-refractivity contribution < 1.29 is 23.7 Å². The summed E-state index contributed by atoms with van der Waals surface area (Å²) in [7, 11) is -3.67. The summed E-state index contributed by atoms with van der Waals surface area (Å²) >= 11 is 0. The molecule has 1 atom stereocenters. The Bertz CT molecular complexity index is 608. The zero-order valence-corrected chi connectivity index (χ0v) is 11.4. The highest BCUT2D eigenvalue weighted by Crippen LogP contribution is 2.16. The van der Waals surface area contributed by atoms with Crippen molar-refractivity contribution in [2.45, 2.75) is 12.2 Å². The summed E-state index contributed by atoms with van der Waals surface area (Å²) in [5.74, 6) is -0.232. The molecule has 0 spiro atoms. The molecule has 1 aromatic carbocycles. The molecule has 1 rings (SSSR count). The van der Waals surface area contributed by atoms with Crippen LogP contribution in [0.15, 0.2) is 29.4 Å². The van der Waals surface area contributed by atoms with E-state index in [-0.39, 0.29) is 22.7 Å². The molecule has 2 N–H and O–H groups in total. The highest BCUT2D eigenvalue weighted by Gasteiger charge is 2.30. The number of nitro benzene ring substituents is 1. The second-order valence-corrected chi connectivity index (χ2v) is 6.38. The number of aliphatic hydroxyl groups is 1. The van der Waals surface area contributed by atoms with Gasteiger partial charge in [-0.25, -0.2) is 8.42 Å². The van der Waals surface area contributed by atoms with Crippen molar-refractivity contribution in [2.24, 2.45) is 5.16 Å². The number of benzene rings is 1. The highest BCUT2D eigenvalue weighted by molar-refractivity contribution is 7.92. The Morgan fingerprint density at radius 3 is 2.30 bits per heavy atom. The largest absolute Gasteiger partial charge is 0.411 e. The summed E-state index contributed by atoms with van der Waals surface area (Å²) in [6, 6.07) is 4.85. The van der Waals surface area contributed by atoms with Crippen LogP contribution in [0.1, 0.15) is 12.5 Å². The molecule has 0 unspecified atom stereocenters. The molecule has 0 aliphatic carbocycles. The van der Waals surface area contributed by atoms with E-state index in [1.165, 1.54) is 19.1 Å². The van der Waals surface area contributed by atoms with Gasteiger partial charge < -0.3 is 10.3 Å². The molecule has 0 saturated carbocycles. The number of nitro groups is 1. The van der Waals surface area contributed by atoms with E-state index in [2.05, 4.69) is 5.16 Å². The Morgan fingerprint density at radius 1 is 1.40 bits per heavy atom. The third-order valence-corrected chi connectivity index (χ3v) is 4.83. The van der Waals surface area contributed by atoms with Crippen molar-refractivity contribution in [1.29, 1.82) is 0 Å². The van der Waals surface area contributed by atoms with E-state index in [1.54, 1.807) is 0 Å². The molecule has 0 saturated heterocycles. The van der Waals surface area contributed by atoms with Crippen LogP contribution in [0.3, 0.4) is 0 Å². The van der Waals surface area contributed by atoms with E-state index in [0.717, 1.165) is 12.1 Å². The van der Waals surface area contributed by atoms with E-state index < -0.39 is 26.6 Å². The quantitative estimate of drug-likeness (QED) is 0.342. The average Bonchev–Trinajstić information content (AvgIpc) is 2.44. The molecule has 0 bridgehead atoms. The molecule has 110 valence electrons. The molecule has 0 radical (unpaired) electrons. The Balaban J connectivity index is 3.23. The first-order valence-corrected chi connectivity index (χ1v) is 7.38. The lowest BCUT2D eigenvalue weighted by Gasteiger charge is -2.15. The number of nitrogens with zero attached hydrogens (tertiary/aromatic N) is 2. The van der Waals surface area contributed by atoms with Crippen molar-refractivity contribution in [3.05, 3.63) is 39.9 Å². The molecule has 0 heterocycles. The fraction of sp³-hybridized carbons (Fsp3) is 0.364. The van der Waals surface area contributed by atoms with Crippen molar-refractivity contribution in [1.82, 2.24) is 0 Å². The predicted octanol–water partition coefficient (Wildman–Crippen LogP) is 0.569. The van der Waals surface area contributed by atoms with Crippen LogP contribution >= 0.6 is 0 Å². The fourth-order valence-electron chi connectivity index (χ4n) is 1.63. The lowest BCUT2D eigenvalue weighted by molar-refractivity contribution is -0.384. The van der Waals surface area contributed by atoms with Crippen molar-refractivity contribution >= 4 is 21.2 Å². The van der Waals surface area contributed by atoms with Gasteiger partial charge in [0.05, 0.1) is 11.5 Å².